The third-order valence-corrected chi connectivity index (χ3v) is 2.31. The van der Waals surface area contributed by atoms with E-state index in [1.54, 1.807) is 7.05 Å². The molecule has 0 unspecified atom stereocenters. The standard InChI is InChI=1S/C13H19NO4/c1-11-4-3-5-12(10-11)17-8-6-14(2)13(16)18-9-7-15/h3-5,10,15H,6-9H2,1-2H3. The van der Waals surface area contributed by atoms with E-state index < -0.39 is 6.09 Å². The second kappa shape index (κ2) is 7.55. The number of aliphatic hydroxyl groups excluding tert-OH is 1. The van der Waals surface area contributed by atoms with E-state index in [-0.39, 0.29) is 13.2 Å². The third-order valence-electron chi connectivity index (χ3n) is 2.31. The lowest BCUT2D eigenvalue weighted by atomic mass is 10.2. The van der Waals surface area contributed by atoms with Gasteiger partial charge in [0.2, 0.25) is 0 Å². The number of aliphatic hydroxyl groups is 1. The van der Waals surface area contributed by atoms with E-state index in [1.807, 2.05) is 31.2 Å². The minimum absolute atomic E-state index is 0.0158. The van der Waals surface area contributed by atoms with Gasteiger partial charge in [-0.1, -0.05) is 12.1 Å². The number of nitrogens with zero attached hydrogens (tertiary/aromatic N) is 1. The largest absolute Gasteiger partial charge is 0.492 e. The summed E-state index contributed by atoms with van der Waals surface area (Å²) in [7, 11) is 1.62. The second-order valence-electron chi connectivity index (χ2n) is 3.92. The Labute approximate surface area is 107 Å². The Morgan fingerprint density at radius 1 is 1.39 bits per heavy atom. The summed E-state index contributed by atoms with van der Waals surface area (Å²) in [5.41, 5.74) is 1.13. The number of amides is 1. The van der Waals surface area contributed by atoms with Crippen molar-refractivity contribution in [3.63, 3.8) is 0 Å². The van der Waals surface area contributed by atoms with Crippen LogP contribution in [0.15, 0.2) is 24.3 Å². The highest BCUT2D eigenvalue weighted by Gasteiger charge is 2.09. The molecule has 18 heavy (non-hydrogen) atoms. The number of carbonyl (C=O) groups excluding carboxylic acids is 1. The van der Waals surface area contributed by atoms with Crippen molar-refractivity contribution >= 4 is 6.09 Å². The van der Waals surface area contributed by atoms with Gasteiger partial charge >= 0.3 is 6.09 Å². The Hall–Kier alpha value is -1.75. The fraction of sp³-hybridized carbons (Fsp3) is 0.462. The molecule has 0 aliphatic carbocycles. The van der Waals surface area contributed by atoms with E-state index in [2.05, 4.69) is 0 Å². The van der Waals surface area contributed by atoms with Crippen LogP contribution in [0.4, 0.5) is 4.79 Å². The Morgan fingerprint density at radius 2 is 2.17 bits per heavy atom. The van der Waals surface area contributed by atoms with E-state index in [9.17, 15) is 4.79 Å². The van der Waals surface area contributed by atoms with Crippen LogP contribution in [0.3, 0.4) is 0 Å². The summed E-state index contributed by atoms with van der Waals surface area (Å²) in [4.78, 5) is 12.7. The maximum atomic E-state index is 11.3. The van der Waals surface area contributed by atoms with Gasteiger partial charge in [0, 0.05) is 7.05 Å². The Balaban J connectivity index is 2.26. The average molecular weight is 253 g/mol. The first-order valence-corrected chi connectivity index (χ1v) is 5.81. The molecule has 0 fully saturated rings. The number of aryl methyl sites for hydroxylation is 1. The van der Waals surface area contributed by atoms with Crippen LogP contribution >= 0.6 is 0 Å². The highest BCUT2D eigenvalue weighted by molar-refractivity contribution is 5.67. The number of rotatable bonds is 6. The van der Waals surface area contributed by atoms with Crippen molar-refractivity contribution in [2.24, 2.45) is 0 Å². The topological polar surface area (TPSA) is 59.0 Å². The number of hydrogen-bond donors (Lipinski definition) is 1. The van der Waals surface area contributed by atoms with Gasteiger partial charge < -0.3 is 19.5 Å². The smallest absolute Gasteiger partial charge is 0.409 e. The highest BCUT2D eigenvalue weighted by Crippen LogP contribution is 2.11. The molecule has 5 nitrogen and oxygen atoms in total. The van der Waals surface area contributed by atoms with Gasteiger partial charge in [-0.15, -0.1) is 0 Å². The first kappa shape index (κ1) is 14.3. The summed E-state index contributed by atoms with van der Waals surface area (Å²) >= 11 is 0. The fourth-order valence-corrected chi connectivity index (χ4v) is 1.34. The van der Waals surface area contributed by atoms with Crippen LogP contribution in [0, 0.1) is 6.92 Å². The van der Waals surface area contributed by atoms with E-state index in [0.717, 1.165) is 11.3 Å². The van der Waals surface area contributed by atoms with Gasteiger partial charge in [-0.2, -0.15) is 0 Å². The maximum absolute atomic E-state index is 11.3. The van der Waals surface area contributed by atoms with Gasteiger partial charge in [0.1, 0.15) is 19.0 Å². The van der Waals surface area contributed by atoms with Crippen molar-refractivity contribution < 1.29 is 19.4 Å². The van der Waals surface area contributed by atoms with Crippen LogP contribution < -0.4 is 4.74 Å². The predicted octanol–water partition coefficient (Wildman–Crippen LogP) is 1.43. The first-order valence-electron chi connectivity index (χ1n) is 5.81. The molecule has 5 heteroatoms. The Kier molecular flexibility index (Phi) is 6.00. The molecule has 100 valence electrons. The minimum atomic E-state index is -0.461. The average Bonchev–Trinajstić information content (AvgIpc) is 2.35. The third kappa shape index (κ3) is 5.05. The summed E-state index contributed by atoms with van der Waals surface area (Å²) in [6, 6.07) is 7.72. The SMILES string of the molecule is Cc1cccc(OCCN(C)C(=O)OCCO)c1. The van der Waals surface area contributed by atoms with Crippen LogP contribution in [-0.4, -0.2) is 49.5 Å². The highest BCUT2D eigenvalue weighted by atomic mass is 16.6. The molecule has 0 saturated heterocycles. The number of carbonyl (C=O) groups is 1. The molecule has 1 amide bonds. The van der Waals surface area contributed by atoms with E-state index in [4.69, 9.17) is 14.6 Å². The molecule has 0 aliphatic heterocycles. The summed E-state index contributed by atoms with van der Waals surface area (Å²) in [6.07, 6.45) is -0.461. The first-order chi connectivity index (χ1) is 8.63. The van der Waals surface area contributed by atoms with Crippen molar-refractivity contribution in [1.29, 1.82) is 0 Å². The Bertz CT molecular complexity index is 381. The molecule has 0 atom stereocenters. The molecule has 0 saturated carbocycles. The van der Waals surface area contributed by atoms with Crippen molar-refractivity contribution in [2.45, 2.75) is 6.92 Å². The summed E-state index contributed by atoms with van der Waals surface area (Å²) in [5, 5.41) is 8.53. The lowest BCUT2D eigenvalue weighted by molar-refractivity contribution is 0.0872. The molecule has 1 rings (SSSR count). The predicted molar refractivity (Wildman–Crippen MR) is 67.7 cm³/mol. The van der Waals surface area contributed by atoms with Crippen molar-refractivity contribution in [2.75, 3.05) is 33.4 Å². The molecule has 1 aromatic rings. The second-order valence-corrected chi connectivity index (χ2v) is 3.92. The zero-order valence-electron chi connectivity index (χ0n) is 10.8. The normalized spacial score (nSPS) is 9.94. The van der Waals surface area contributed by atoms with Gasteiger partial charge in [-0.3, -0.25) is 0 Å². The van der Waals surface area contributed by atoms with Gasteiger partial charge in [0.15, 0.2) is 0 Å². The zero-order valence-corrected chi connectivity index (χ0v) is 10.8. The van der Waals surface area contributed by atoms with Crippen LogP contribution in [-0.2, 0) is 4.74 Å². The number of likely N-dealkylation sites (N-methyl/N-ethyl adjacent to an activating group) is 1. The summed E-state index contributed by atoms with van der Waals surface area (Å²) < 4.78 is 10.3. The molecular weight excluding hydrogens is 234 g/mol. The minimum Gasteiger partial charge on any atom is -0.492 e. The van der Waals surface area contributed by atoms with Gasteiger partial charge in [-0.25, -0.2) is 4.79 Å². The van der Waals surface area contributed by atoms with E-state index in [1.165, 1.54) is 4.90 Å². The van der Waals surface area contributed by atoms with Crippen LogP contribution in [0.5, 0.6) is 5.75 Å². The number of ether oxygens (including phenoxy) is 2. The van der Waals surface area contributed by atoms with Gasteiger partial charge in [-0.05, 0) is 24.6 Å². The van der Waals surface area contributed by atoms with Crippen LogP contribution in [0.1, 0.15) is 5.56 Å². The fourth-order valence-electron chi connectivity index (χ4n) is 1.34. The molecule has 0 aromatic heterocycles. The van der Waals surface area contributed by atoms with Crippen molar-refractivity contribution in [1.82, 2.24) is 4.90 Å². The zero-order chi connectivity index (χ0) is 13.4. The van der Waals surface area contributed by atoms with Gasteiger partial charge in [0.05, 0.1) is 13.2 Å². The maximum Gasteiger partial charge on any atom is 0.409 e. The molecule has 0 radical (unpaired) electrons. The quantitative estimate of drug-likeness (QED) is 0.833. The van der Waals surface area contributed by atoms with Crippen LogP contribution in [0.25, 0.3) is 0 Å². The molecule has 0 heterocycles. The molecule has 0 aliphatic rings. The number of benzene rings is 1. The van der Waals surface area contributed by atoms with Crippen molar-refractivity contribution in [3.8, 4) is 5.75 Å². The van der Waals surface area contributed by atoms with E-state index in [0.29, 0.717) is 13.2 Å². The molecule has 0 bridgehead atoms. The lowest BCUT2D eigenvalue weighted by Gasteiger charge is -2.17. The van der Waals surface area contributed by atoms with E-state index >= 15 is 0 Å². The number of hydrogen-bond acceptors (Lipinski definition) is 4. The Morgan fingerprint density at radius 3 is 2.83 bits per heavy atom. The molecular formula is C13H19NO4. The molecule has 1 N–H and O–H groups in total. The lowest BCUT2D eigenvalue weighted by Crippen LogP contribution is -2.32. The van der Waals surface area contributed by atoms with Crippen LogP contribution in [0.2, 0.25) is 0 Å². The van der Waals surface area contributed by atoms with Crippen molar-refractivity contribution in [3.05, 3.63) is 29.8 Å². The monoisotopic (exact) mass is 253 g/mol. The molecule has 0 spiro atoms. The van der Waals surface area contributed by atoms with Gasteiger partial charge in [0.25, 0.3) is 0 Å². The summed E-state index contributed by atoms with van der Waals surface area (Å²) in [6.45, 7) is 2.67. The molecule has 1 aromatic carbocycles. The summed E-state index contributed by atoms with van der Waals surface area (Å²) in [5.74, 6) is 0.784.